The van der Waals surface area contributed by atoms with Crippen molar-refractivity contribution in [3.63, 3.8) is 0 Å². The lowest BCUT2D eigenvalue weighted by molar-refractivity contribution is -0.134. The van der Waals surface area contributed by atoms with Crippen molar-refractivity contribution < 1.29 is 4.79 Å². The number of rotatable bonds is 2. The van der Waals surface area contributed by atoms with E-state index in [2.05, 4.69) is 11.8 Å². The lowest BCUT2D eigenvalue weighted by atomic mass is 10.1. The lowest BCUT2D eigenvalue weighted by Crippen LogP contribution is -2.39. The quantitative estimate of drug-likeness (QED) is 0.695. The first-order valence-electron chi connectivity index (χ1n) is 5.96. The van der Waals surface area contributed by atoms with Gasteiger partial charge in [-0.2, -0.15) is 0 Å². The van der Waals surface area contributed by atoms with Crippen molar-refractivity contribution >= 4 is 5.91 Å². The normalized spacial score (nSPS) is 35.1. The molecule has 2 N–H and O–H groups in total. The van der Waals surface area contributed by atoms with Crippen LogP contribution in [0.1, 0.15) is 32.6 Å². The van der Waals surface area contributed by atoms with Gasteiger partial charge in [0.1, 0.15) is 0 Å². The highest BCUT2D eigenvalue weighted by Crippen LogP contribution is 2.26. The second-order valence-corrected chi connectivity index (χ2v) is 4.63. The molecule has 3 atom stereocenters. The molecule has 0 spiro atoms. The Morgan fingerprint density at radius 1 is 1.53 bits per heavy atom. The van der Waals surface area contributed by atoms with E-state index in [1.165, 1.54) is 6.42 Å². The van der Waals surface area contributed by atoms with E-state index >= 15 is 0 Å². The summed E-state index contributed by atoms with van der Waals surface area (Å²) >= 11 is 0. The Bertz CT molecular complexity index is 275. The molecule has 0 radical (unpaired) electrons. The topological polar surface area (TPSA) is 46.3 Å². The Hall–Kier alpha value is -0.830. The molecule has 1 fully saturated rings. The SMILES string of the molecule is CCC1CCCN1C(=O)C1C=CC(N)C1. The molecule has 2 rings (SSSR count). The summed E-state index contributed by atoms with van der Waals surface area (Å²) in [6, 6.07) is 0.560. The van der Waals surface area contributed by atoms with Gasteiger partial charge < -0.3 is 10.6 Å². The second kappa shape index (κ2) is 4.35. The molecule has 0 bridgehead atoms. The minimum Gasteiger partial charge on any atom is -0.339 e. The fraction of sp³-hybridized carbons (Fsp3) is 0.750. The molecule has 1 heterocycles. The highest BCUT2D eigenvalue weighted by molar-refractivity contribution is 5.81. The minimum atomic E-state index is 0.0483. The van der Waals surface area contributed by atoms with Gasteiger partial charge in [0, 0.05) is 18.6 Å². The van der Waals surface area contributed by atoms with Crippen LogP contribution in [0.2, 0.25) is 0 Å². The van der Waals surface area contributed by atoms with E-state index in [1.807, 2.05) is 12.2 Å². The summed E-state index contributed by atoms with van der Waals surface area (Å²) in [5.74, 6) is 0.343. The zero-order chi connectivity index (χ0) is 10.8. The summed E-state index contributed by atoms with van der Waals surface area (Å²) in [5, 5.41) is 0. The van der Waals surface area contributed by atoms with Crippen molar-refractivity contribution in [2.75, 3.05) is 6.54 Å². The molecule has 84 valence electrons. The molecule has 3 unspecified atom stereocenters. The molecule has 0 saturated carbocycles. The van der Waals surface area contributed by atoms with Crippen LogP contribution >= 0.6 is 0 Å². The van der Waals surface area contributed by atoms with Crippen molar-refractivity contribution in [1.82, 2.24) is 4.90 Å². The van der Waals surface area contributed by atoms with Gasteiger partial charge in [-0.15, -0.1) is 0 Å². The maximum Gasteiger partial charge on any atom is 0.229 e. The Balaban J connectivity index is 1.98. The van der Waals surface area contributed by atoms with E-state index < -0.39 is 0 Å². The number of nitrogens with zero attached hydrogens (tertiary/aromatic N) is 1. The minimum absolute atomic E-state index is 0.0483. The van der Waals surface area contributed by atoms with Crippen LogP contribution < -0.4 is 5.73 Å². The Labute approximate surface area is 91.3 Å². The van der Waals surface area contributed by atoms with Crippen molar-refractivity contribution in [3.8, 4) is 0 Å². The number of likely N-dealkylation sites (tertiary alicyclic amines) is 1. The van der Waals surface area contributed by atoms with Gasteiger partial charge in [-0.1, -0.05) is 19.1 Å². The summed E-state index contributed by atoms with van der Waals surface area (Å²) in [6.07, 6.45) is 8.15. The first-order valence-corrected chi connectivity index (χ1v) is 5.96. The van der Waals surface area contributed by atoms with E-state index in [1.54, 1.807) is 0 Å². The highest BCUT2D eigenvalue weighted by atomic mass is 16.2. The van der Waals surface area contributed by atoms with Crippen LogP contribution in [0.15, 0.2) is 12.2 Å². The average molecular weight is 208 g/mol. The molecule has 0 aromatic carbocycles. The van der Waals surface area contributed by atoms with Gasteiger partial charge >= 0.3 is 0 Å². The fourth-order valence-electron chi connectivity index (χ4n) is 2.67. The number of amides is 1. The summed E-state index contributed by atoms with van der Waals surface area (Å²) in [7, 11) is 0. The van der Waals surface area contributed by atoms with Crippen molar-refractivity contribution in [3.05, 3.63) is 12.2 Å². The predicted octanol–water partition coefficient (Wildman–Crippen LogP) is 1.29. The first kappa shape index (κ1) is 10.7. The molecular formula is C12H20N2O. The van der Waals surface area contributed by atoms with Crippen LogP contribution in [-0.2, 0) is 4.79 Å². The second-order valence-electron chi connectivity index (χ2n) is 4.63. The summed E-state index contributed by atoms with van der Waals surface area (Å²) in [6.45, 7) is 3.10. The van der Waals surface area contributed by atoms with E-state index in [0.29, 0.717) is 11.9 Å². The van der Waals surface area contributed by atoms with E-state index in [9.17, 15) is 4.79 Å². The zero-order valence-electron chi connectivity index (χ0n) is 9.36. The van der Waals surface area contributed by atoms with Crippen LogP contribution in [0.5, 0.6) is 0 Å². The lowest BCUT2D eigenvalue weighted by Gasteiger charge is -2.26. The summed E-state index contributed by atoms with van der Waals surface area (Å²) in [5.41, 5.74) is 5.77. The Morgan fingerprint density at radius 3 is 2.93 bits per heavy atom. The molecule has 3 heteroatoms. The smallest absolute Gasteiger partial charge is 0.229 e. The van der Waals surface area contributed by atoms with Crippen molar-refractivity contribution in [2.24, 2.45) is 11.7 Å². The van der Waals surface area contributed by atoms with Gasteiger partial charge in [-0.3, -0.25) is 4.79 Å². The van der Waals surface area contributed by atoms with Crippen LogP contribution in [0.25, 0.3) is 0 Å². The maximum atomic E-state index is 12.2. The van der Waals surface area contributed by atoms with Crippen LogP contribution in [0, 0.1) is 5.92 Å². The third-order valence-corrected chi connectivity index (χ3v) is 3.57. The summed E-state index contributed by atoms with van der Waals surface area (Å²) in [4.78, 5) is 14.2. The molecule has 1 saturated heterocycles. The highest BCUT2D eigenvalue weighted by Gasteiger charge is 2.32. The van der Waals surface area contributed by atoms with Crippen molar-refractivity contribution in [1.29, 1.82) is 0 Å². The molecule has 0 aromatic heterocycles. The average Bonchev–Trinajstić information content (AvgIpc) is 2.84. The molecule has 3 nitrogen and oxygen atoms in total. The number of carbonyl (C=O) groups excluding carboxylic acids is 1. The number of carbonyl (C=O) groups is 1. The van der Waals surface area contributed by atoms with Gasteiger partial charge in [0.05, 0.1) is 5.92 Å². The van der Waals surface area contributed by atoms with Crippen LogP contribution in [0.4, 0.5) is 0 Å². The zero-order valence-corrected chi connectivity index (χ0v) is 9.36. The third kappa shape index (κ3) is 2.07. The van der Waals surface area contributed by atoms with Crippen LogP contribution in [-0.4, -0.2) is 29.4 Å². The Morgan fingerprint density at radius 2 is 2.33 bits per heavy atom. The van der Waals surface area contributed by atoms with Gasteiger partial charge in [0.15, 0.2) is 0 Å². The van der Waals surface area contributed by atoms with E-state index in [4.69, 9.17) is 5.73 Å². The molecule has 15 heavy (non-hydrogen) atoms. The number of nitrogens with two attached hydrogens (primary N) is 1. The maximum absolute atomic E-state index is 12.2. The van der Waals surface area contributed by atoms with E-state index in [-0.39, 0.29) is 12.0 Å². The van der Waals surface area contributed by atoms with Gasteiger partial charge in [-0.05, 0) is 25.7 Å². The van der Waals surface area contributed by atoms with Crippen molar-refractivity contribution in [2.45, 2.75) is 44.7 Å². The van der Waals surface area contributed by atoms with Gasteiger partial charge in [-0.25, -0.2) is 0 Å². The monoisotopic (exact) mass is 208 g/mol. The Kier molecular flexibility index (Phi) is 3.10. The third-order valence-electron chi connectivity index (χ3n) is 3.57. The van der Waals surface area contributed by atoms with Crippen LogP contribution in [0.3, 0.4) is 0 Å². The van der Waals surface area contributed by atoms with Gasteiger partial charge in [0.2, 0.25) is 5.91 Å². The van der Waals surface area contributed by atoms with E-state index in [0.717, 1.165) is 25.8 Å². The molecular weight excluding hydrogens is 188 g/mol. The predicted molar refractivity (Wildman–Crippen MR) is 60.2 cm³/mol. The standard InChI is InChI=1S/C12H20N2O/c1-2-11-4-3-7-14(11)12(15)9-5-6-10(13)8-9/h5-6,9-11H,2-4,7-8,13H2,1H3. The largest absolute Gasteiger partial charge is 0.339 e. The molecule has 0 aromatic rings. The number of hydrogen-bond donors (Lipinski definition) is 1. The summed E-state index contributed by atoms with van der Waals surface area (Å²) < 4.78 is 0. The molecule has 2 aliphatic rings. The molecule has 1 aliphatic carbocycles. The fourth-order valence-corrected chi connectivity index (χ4v) is 2.67. The number of hydrogen-bond acceptors (Lipinski definition) is 2. The molecule has 1 amide bonds. The van der Waals surface area contributed by atoms with Gasteiger partial charge in [0.25, 0.3) is 0 Å². The molecule has 1 aliphatic heterocycles. The first-order chi connectivity index (χ1) is 7.22.